The number of amides is 1. The number of hydrogen-bond acceptors (Lipinski definition) is 5. The Kier molecular flexibility index (Phi) is 5.88. The highest BCUT2D eigenvalue weighted by atomic mass is 35.5. The minimum absolute atomic E-state index is 0.0961. The SMILES string of the molecule is C=C/C=C(\C(=C)Cl)c1nc(Nc2cncc(N3CCCC3=O)c2)ncc1Cl. The Labute approximate surface area is 167 Å². The topological polar surface area (TPSA) is 71.0 Å². The molecule has 0 saturated carbocycles. The van der Waals surface area contributed by atoms with Crippen LogP contribution < -0.4 is 10.2 Å². The summed E-state index contributed by atoms with van der Waals surface area (Å²) in [7, 11) is 0. The molecule has 0 spiro atoms. The molecular weight excluding hydrogens is 385 g/mol. The molecular formula is C19H17Cl2N5O. The van der Waals surface area contributed by atoms with Crippen LogP contribution in [0.1, 0.15) is 18.5 Å². The fourth-order valence-corrected chi connectivity index (χ4v) is 3.07. The summed E-state index contributed by atoms with van der Waals surface area (Å²) in [6.07, 6.45) is 9.42. The van der Waals surface area contributed by atoms with Gasteiger partial charge in [-0.25, -0.2) is 9.97 Å². The first-order chi connectivity index (χ1) is 13.0. The van der Waals surface area contributed by atoms with Crippen molar-refractivity contribution in [3.8, 4) is 0 Å². The first kappa shape index (κ1) is 19.1. The average molecular weight is 402 g/mol. The number of pyridine rings is 1. The van der Waals surface area contributed by atoms with Crippen molar-refractivity contribution in [1.82, 2.24) is 15.0 Å². The highest BCUT2D eigenvalue weighted by molar-refractivity contribution is 6.38. The van der Waals surface area contributed by atoms with Gasteiger partial charge in [0.25, 0.3) is 0 Å². The molecule has 8 heteroatoms. The van der Waals surface area contributed by atoms with Crippen LogP contribution in [-0.4, -0.2) is 27.4 Å². The Balaban J connectivity index is 1.89. The van der Waals surface area contributed by atoms with E-state index in [9.17, 15) is 4.79 Å². The Hall–Kier alpha value is -2.70. The quantitative estimate of drug-likeness (QED) is 0.709. The highest BCUT2D eigenvalue weighted by Gasteiger charge is 2.22. The van der Waals surface area contributed by atoms with Crippen LogP contribution in [0.25, 0.3) is 5.57 Å². The molecule has 0 aliphatic carbocycles. The summed E-state index contributed by atoms with van der Waals surface area (Å²) in [5, 5.41) is 3.71. The molecule has 0 unspecified atom stereocenters. The van der Waals surface area contributed by atoms with Gasteiger partial charge in [-0.15, -0.1) is 0 Å². The fourth-order valence-electron chi connectivity index (χ4n) is 2.73. The molecule has 1 fully saturated rings. The zero-order chi connectivity index (χ0) is 19.4. The summed E-state index contributed by atoms with van der Waals surface area (Å²) in [5.41, 5.74) is 2.38. The van der Waals surface area contributed by atoms with Crippen LogP contribution in [0, 0.1) is 0 Å². The second-order valence-electron chi connectivity index (χ2n) is 5.82. The van der Waals surface area contributed by atoms with Gasteiger partial charge < -0.3 is 10.2 Å². The van der Waals surface area contributed by atoms with Gasteiger partial charge in [-0.2, -0.15) is 0 Å². The van der Waals surface area contributed by atoms with Crippen LogP contribution in [0.2, 0.25) is 5.02 Å². The average Bonchev–Trinajstić information content (AvgIpc) is 3.07. The molecule has 1 aliphatic rings. The van der Waals surface area contributed by atoms with E-state index in [1.807, 2.05) is 6.07 Å². The van der Waals surface area contributed by atoms with Crippen LogP contribution in [-0.2, 0) is 4.79 Å². The molecule has 0 aromatic carbocycles. The van der Waals surface area contributed by atoms with Gasteiger partial charge in [-0.1, -0.05) is 48.5 Å². The molecule has 1 N–H and O–H groups in total. The van der Waals surface area contributed by atoms with E-state index in [2.05, 4.69) is 33.4 Å². The lowest BCUT2D eigenvalue weighted by atomic mass is 10.1. The zero-order valence-electron chi connectivity index (χ0n) is 14.5. The normalized spacial score (nSPS) is 14.4. The van der Waals surface area contributed by atoms with Gasteiger partial charge in [0.15, 0.2) is 0 Å². The van der Waals surface area contributed by atoms with Crippen molar-refractivity contribution >= 4 is 52.0 Å². The van der Waals surface area contributed by atoms with Gasteiger partial charge in [0.1, 0.15) is 0 Å². The van der Waals surface area contributed by atoms with Crippen LogP contribution in [0.5, 0.6) is 0 Å². The standard InChI is InChI=1S/C19H17Cl2N5O/c1-3-5-15(12(2)20)18-16(21)11-23-19(25-18)24-13-8-14(10-22-9-13)26-7-4-6-17(26)27/h3,5,8-11H,1-2,4,6-7H2,(H,23,24,25)/b15-5+. The molecule has 1 saturated heterocycles. The van der Waals surface area contributed by atoms with E-state index >= 15 is 0 Å². The number of aromatic nitrogens is 3. The van der Waals surface area contributed by atoms with Crippen molar-refractivity contribution in [3.05, 3.63) is 65.7 Å². The maximum absolute atomic E-state index is 11.9. The van der Waals surface area contributed by atoms with E-state index in [-0.39, 0.29) is 10.9 Å². The monoisotopic (exact) mass is 401 g/mol. The van der Waals surface area contributed by atoms with Crippen molar-refractivity contribution in [2.75, 3.05) is 16.8 Å². The lowest BCUT2D eigenvalue weighted by Gasteiger charge is -2.16. The van der Waals surface area contributed by atoms with Crippen LogP contribution in [0.3, 0.4) is 0 Å². The van der Waals surface area contributed by atoms with Crippen molar-refractivity contribution in [2.45, 2.75) is 12.8 Å². The lowest BCUT2D eigenvalue weighted by molar-refractivity contribution is -0.117. The van der Waals surface area contributed by atoms with E-state index < -0.39 is 0 Å². The first-order valence-corrected chi connectivity index (χ1v) is 8.98. The number of nitrogens with zero attached hydrogens (tertiary/aromatic N) is 4. The van der Waals surface area contributed by atoms with Gasteiger partial charge in [-0.3, -0.25) is 9.78 Å². The number of hydrogen-bond donors (Lipinski definition) is 1. The molecule has 1 amide bonds. The summed E-state index contributed by atoms with van der Waals surface area (Å²) >= 11 is 12.3. The number of allylic oxidation sites excluding steroid dienone is 4. The third-order valence-corrected chi connectivity index (χ3v) is 4.42. The maximum Gasteiger partial charge on any atom is 0.227 e. The van der Waals surface area contributed by atoms with Gasteiger partial charge in [0.05, 0.1) is 40.7 Å². The first-order valence-electron chi connectivity index (χ1n) is 8.22. The summed E-state index contributed by atoms with van der Waals surface area (Å²) in [4.78, 5) is 26.5. The number of halogens is 2. The number of rotatable bonds is 6. The minimum Gasteiger partial charge on any atom is -0.323 e. The third-order valence-electron chi connectivity index (χ3n) is 3.94. The minimum atomic E-state index is 0.0961. The molecule has 27 heavy (non-hydrogen) atoms. The molecule has 138 valence electrons. The summed E-state index contributed by atoms with van der Waals surface area (Å²) < 4.78 is 0. The van der Waals surface area contributed by atoms with E-state index in [4.69, 9.17) is 23.2 Å². The molecule has 0 bridgehead atoms. The molecule has 3 rings (SSSR count). The van der Waals surface area contributed by atoms with Crippen molar-refractivity contribution < 1.29 is 4.79 Å². The van der Waals surface area contributed by atoms with Crippen LogP contribution in [0.15, 0.2) is 55.0 Å². The maximum atomic E-state index is 11.9. The van der Waals surface area contributed by atoms with E-state index in [0.717, 1.165) is 12.1 Å². The number of anilines is 3. The lowest BCUT2D eigenvalue weighted by Crippen LogP contribution is -2.23. The Morgan fingerprint density at radius 2 is 2.15 bits per heavy atom. The van der Waals surface area contributed by atoms with Crippen molar-refractivity contribution in [1.29, 1.82) is 0 Å². The number of nitrogens with one attached hydrogen (secondary N) is 1. The van der Waals surface area contributed by atoms with E-state index in [0.29, 0.717) is 40.9 Å². The molecule has 0 radical (unpaired) electrons. The highest BCUT2D eigenvalue weighted by Crippen LogP contribution is 2.30. The van der Waals surface area contributed by atoms with Crippen LogP contribution >= 0.6 is 23.2 Å². The molecule has 3 heterocycles. The number of carbonyl (C=O) groups excluding carboxylic acids is 1. The summed E-state index contributed by atoms with van der Waals surface area (Å²) in [6, 6.07) is 1.83. The van der Waals surface area contributed by atoms with E-state index in [1.165, 1.54) is 6.20 Å². The van der Waals surface area contributed by atoms with E-state index in [1.54, 1.807) is 29.4 Å². The Morgan fingerprint density at radius 3 is 2.81 bits per heavy atom. The van der Waals surface area contributed by atoms with Gasteiger partial charge in [0.2, 0.25) is 11.9 Å². The van der Waals surface area contributed by atoms with Gasteiger partial charge in [-0.05, 0) is 12.5 Å². The molecule has 2 aromatic rings. The van der Waals surface area contributed by atoms with Crippen molar-refractivity contribution in [3.63, 3.8) is 0 Å². The predicted octanol–water partition coefficient (Wildman–Crippen LogP) is 4.72. The molecule has 1 aliphatic heterocycles. The van der Waals surface area contributed by atoms with Crippen molar-refractivity contribution in [2.24, 2.45) is 0 Å². The second-order valence-corrected chi connectivity index (χ2v) is 6.68. The Bertz CT molecular complexity index is 941. The zero-order valence-corrected chi connectivity index (χ0v) is 16.0. The largest absolute Gasteiger partial charge is 0.323 e. The Morgan fingerprint density at radius 1 is 1.33 bits per heavy atom. The van der Waals surface area contributed by atoms with Gasteiger partial charge >= 0.3 is 0 Å². The summed E-state index contributed by atoms with van der Waals surface area (Å²) in [6.45, 7) is 8.09. The number of carbonyl (C=O) groups is 1. The fraction of sp³-hybridized carbons (Fsp3) is 0.158. The third kappa shape index (κ3) is 4.35. The van der Waals surface area contributed by atoms with Gasteiger partial charge in [0, 0.05) is 23.6 Å². The smallest absolute Gasteiger partial charge is 0.227 e. The van der Waals surface area contributed by atoms with Crippen LogP contribution in [0.4, 0.5) is 17.3 Å². The molecule has 0 atom stereocenters. The predicted molar refractivity (Wildman–Crippen MR) is 109 cm³/mol. The summed E-state index contributed by atoms with van der Waals surface area (Å²) in [5.74, 6) is 0.410. The second kappa shape index (κ2) is 8.33. The molecule has 6 nitrogen and oxygen atoms in total. The molecule has 2 aromatic heterocycles.